The van der Waals surface area contributed by atoms with Gasteiger partial charge in [0.2, 0.25) is 0 Å². The SMILES string of the molecule is C#CC1=C(N2CCC(C)(O)CC2)c2cc(C(C)O)ncc2CC1=O.C#CC1=C(N2CCC(C)(OC)CC2)c2cc(C(C)=O)ncc2CC1=O.C#CC1=C(N2CCC(C)(OC)CC2)c2cc(C(C)OC(=O)C(C)(C)CC)ncc2CC1=O.C#CC1=C(N2CCC(C)(OC)CC2)c2cc(C(C)OC(=O)C3CC3)ncc2CC1=O.C#CC1=C(N2CCC(C)(OC)CC2)c2cc(C(C)OC(C)=O)ncc2CC1=O. The molecular weight excluding hydrogens is 1760 g/mol. The van der Waals surface area contributed by atoms with Crippen LogP contribution in [0.3, 0.4) is 0 Å². The van der Waals surface area contributed by atoms with Crippen molar-refractivity contribution in [3.8, 4) is 61.7 Å². The highest BCUT2D eigenvalue weighted by Gasteiger charge is 2.44. The number of rotatable bonds is 20. The average molecular weight is 1890 g/mol. The lowest BCUT2D eigenvalue weighted by molar-refractivity contribution is -0.159. The van der Waals surface area contributed by atoms with Gasteiger partial charge in [0.25, 0.3) is 0 Å². The Balaban J connectivity index is 0.000000156. The average Bonchev–Trinajstić information content (AvgIpc) is 1.77. The fourth-order valence-corrected chi connectivity index (χ4v) is 18.7. The minimum Gasteiger partial charge on any atom is -0.456 e. The molecule has 6 aliphatic carbocycles. The van der Waals surface area contributed by atoms with Crippen LogP contribution >= 0.6 is 0 Å². The maximum absolute atomic E-state index is 12.8. The number of likely N-dealkylation sites (tertiary alicyclic amines) is 5. The molecule has 5 aliphatic heterocycles. The molecule has 4 unspecified atom stereocenters. The van der Waals surface area contributed by atoms with E-state index >= 15 is 0 Å². The second kappa shape index (κ2) is 43.9. The zero-order valence-electron chi connectivity index (χ0n) is 83.7. The zero-order chi connectivity index (χ0) is 101. The summed E-state index contributed by atoms with van der Waals surface area (Å²) in [6, 6.07) is 9.35. The number of ketones is 6. The van der Waals surface area contributed by atoms with E-state index in [2.05, 4.69) is 107 Å². The van der Waals surface area contributed by atoms with Gasteiger partial charge in [0.1, 0.15) is 24.0 Å². The van der Waals surface area contributed by atoms with E-state index < -0.39 is 35.4 Å². The van der Waals surface area contributed by atoms with E-state index in [0.717, 1.165) is 201 Å². The largest absolute Gasteiger partial charge is 0.456 e. The van der Waals surface area contributed by atoms with Crippen molar-refractivity contribution in [1.82, 2.24) is 49.4 Å². The highest BCUT2D eigenvalue weighted by atomic mass is 16.6. The van der Waals surface area contributed by atoms with Crippen LogP contribution in [0.25, 0.3) is 28.5 Å². The van der Waals surface area contributed by atoms with Crippen molar-refractivity contribution < 1.29 is 86.5 Å². The first-order chi connectivity index (χ1) is 65.9. The Kier molecular flexibility index (Phi) is 33.2. The molecule has 28 heteroatoms. The number of pyridine rings is 5. The van der Waals surface area contributed by atoms with E-state index in [-0.39, 0.29) is 113 Å². The highest BCUT2D eigenvalue weighted by molar-refractivity contribution is 6.14. The van der Waals surface area contributed by atoms with E-state index in [1.807, 2.05) is 65.8 Å². The number of carbonyl (C=O) groups excluding carboxylic acids is 9. The summed E-state index contributed by atoms with van der Waals surface area (Å²) in [7, 11) is 6.94. The number of nitrogens with zero attached hydrogens (tertiary/aromatic N) is 10. The van der Waals surface area contributed by atoms with Gasteiger partial charge in [-0.2, -0.15) is 0 Å². The number of hydrogen-bond acceptors (Lipinski definition) is 28. The molecule has 0 spiro atoms. The van der Waals surface area contributed by atoms with Crippen molar-refractivity contribution in [2.75, 3.05) is 93.9 Å². The number of Topliss-reactive ketones (excluding diaryl/α,β-unsaturated/α-hetero) is 6. The number of piperidine rings is 5. The van der Waals surface area contributed by atoms with Crippen LogP contribution in [0.1, 0.15) is 294 Å². The molecule has 1 saturated carbocycles. The van der Waals surface area contributed by atoms with E-state index in [0.29, 0.717) is 88.7 Å². The molecule has 0 radical (unpaired) electrons. The Hall–Kier alpha value is -12.6. The molecule has 2 N–H and O–H groups in total. The summed E-state index contributed by atoms with van der Waals surface area (Å²) >= 11 is 0. The topological polar surface area (TPSA) is 339 Å². The van der Waals surface area contributed by atoms with Crippen molar-refractivity contribution in [1.29, 1.82) is 0 Å². The summed E-state index contributed by atoms with van der Waals surface area (Å²) < 4.78 is 39.2. The first-order valence-electron chi connectivity index (χ1n) is 48.0. The van der Waals surface area contributed by atoms with Crippen molar-refractivity contribution in [2.24, 2.45) is 11.3 Å². The highest BCUT2D eigenvalue weighted by Crippen LogP contribution is 2.45. The third-order valence-corrected chi connectivity index (χ3v) is 29.3. The lowest BCUT2D eigenvalue weighted by Gasteiger charge is -2.41. The number of terminal acetylenes is 5. The molecular formula is C111H132N10O18. The Labute approximate surface area is 817 Å². The summed E-state index contributed by atoms with van der Waals surface area (Å²) in [5, 5.41) is 20.0. The molecule has 139 heavy (non-hydrogen) atoms. The van der Waals surface area contributed by atoms with Crippen molar-refractivity contribution in [3.63, 3.8) is 0 Å². The molecule has 5 aromatic rings. The van der Waals surface area contributed by atoms with E-state index in [4.69, 9.17) is 65.3 Å². The number of aliphatic hydroxyl groups excluding tert-OH is 1. The van der Waals surface area contributed by atoms with E-state index in [1.165, 1.54) is 13.8 Å². The molecule has 0 aromatic carbocycles. The fraction of sp³-hybridized carbons (Fsp3) is 0.514. The van der Waals surface area contributed by atoms with Gasteiger partial charge >= 0.3 is 17.9 Å². The van der Waals surface area contributed by atoms with Crippen molar-refractivity contribution in [2.45, 2.75) is 265 Å². The summed E-state index contributed by atoms with van der Waals surface area (Å²) in [5.74, 6) is 11.8. The van der Waals surface area contributed by atoms with Gasteiger partial charge in [-0.25, -0.2) is 0 Å². The smallest absolute Gasteiger partial charge is 0.312 e. The third kappa shape index (κ3) is 24.0. The van der Waals surface area contributed by atoms with Crippen LogP contribution in [0, 0.1) is 73.1 Å². The van der Waals surface area contributed by atoms with E-state index in [1.54, 1.807) is 79.3 Å². The van der Waals surface area contributed by atoms with Gasteiger partial charge in [0.05, 0.1) is 125 Å². The van der Waals surface area contributed by atoms with Gasteiger partial charge in [-0.05, 0) is 218 Å². The number of hydrogen-bond donors (Lipinski definition) is 2. The standard InChI is InChI=1S/C26H34N2O4.C24H28N2O4.C22H26N2O4.C20H22N2O3.C19H22N2O3/c1-8-19-22(29)14-18-16-27-21(17(3)32-24(30)25(4,5)9-2)15-20(18)23(19)28-12-10-26(6,31-7)11-13-28;1-5-18-21(27)12-17-14-25-20(15(2)30-23(28)16-6-7-16)13-19(17)22(18)26-10-8-24(3,29-4)9-11-26;1-6-17-20(26)11-16-13-23-19(14(2)28-15(3)25)12-18(16)21(17)24-9-7-22(4,27-5)8-10-24;1-5-15-18(24)10-14-12-21-17(13(2)23)11-16(14)19(15)22-8-6-20(3,25-4)7-9-22;1-4-14-17(23)9-13-11-20-16(12(2)22)10-15(13)18(14)21-7-5-19(3,24)6-8-21/h1,15-17H,9-14H2,2-7H3;1,13-16H,6-12H2,2-4H3;1,12-14H,7-11H2,2-5H3;1,11-12H,6-10H2,2-4H3;1,10-12,22,24H,5-9H2,2-3H3. The normalized spacial score (nSPS) is 20.3. The Morgan fingerprint density at radius 1 is 0.410 bits per heavy atom. The fourth-order valence-electron chi connectivity index (χ4n) is 18.7. The molecule has 734 valence electrons. The van der Waals surface area contributed by atoms with Crippen molar-refractivity contribution >= 4 is 81.1 Å². The summed E-state index contributed by atoms with van der Waals surface area (Å²) in [6.45, 7) is 33.1. The number of ether oxygens (including phenoxy) is 7. The molecule has 0 amide bonds. The predicted octanol–water partition coefficient (Wildman–Crippen LogP) is 13.5. The van der Waals surface area contributed by atoms with Gasteiger partial charge in [-0.1, -0.05) is 36.5 Å². The summed E-state index contributed by atoms with van der Waals surface area (Å²) in [6.07, 6.45) is 46.5. The number of fused-ring (bicyclic) bond motifs is 5. The minimum atomic E-state index is -0.689. The van der Waals surface area contributed by atoms with E-state index in [9.17, 15) is 53.4 Å². The second-order valence-corrected chi connectivity index (χ2v) is 39.8. The molecule has 0 bridgehead atoms. The maximum Gasteiger partial charge on any atom is 0.312 e. The first kappa shape index (κ1) is 105. The number of aliphatic hydroxyl groups is 2. The van der Waals surface area contributed by atoms with Gasteiger partial charge < -0.3 is 67.9 Å². The Morgan fingerprint density at radius 3 is 0.914 bits per heavy atom. The third-order valence-electron chi connectivity index (χ3n) is 29.3. The maximum atomic E-state index is 12.8. The van der Waals surface area contributed by atoms with Crippen LogP contribution in [0.2, 0.25) is 0 Å². The molecule has 6 fully saturated rings. The van der Waals surface area contributed by atoms with Gasteiger partial charge in [-0.15, -0.1) is 32.1 Å². The van der Waals surface area contributed by atoms with Crippen LogP contribution in [-0.4, -0.2) is 234 Å². The van der Waals surface area contributed by atoms with Gasteiger partial charge in [-0.3, -0.25) is 68.1 Å². The quantitative estimate of drug-likeness (QED) is 0.0316. The van der Waals surface area contributed by atoms with Crippen LogP contribution in [-0.2, 0) is 104 Å². The second-order valence-electron chi connectivity index (χ2n) is 39.8. The molecule has 10 heterocycles. The number of allylic oxidation sites excluding steroid dienone is 5. The first-order valence-corrected chi connectivity index (χ1v) is 48.0. The Bertz CT molecular complexity index is 6040. The lowest BCUT2D eigenvalue weighted by atomic mass is 9.86. The van der Waals surface area contributed by atoms with Crippen molar-refractivity contribution in [3.05, 3.63) is 173 Å². The number of carbonyl (C=O) groups is 9. The molecule has 5 saturated heterocycles. The predicted molar refractivity (Wildman–Crippen MR) is 526 cm³/mol. The monoisotopic (exact) mass is 1890 g/mol. The number of aromatic nitrogens is 5. The van der Waals surface area contributed by atoms with Crippen LogP contribution in [0.4, 0.5) is 0 Å². The summed E-state index contributed by atoms with van der Waals surface area (Å²) in [4.78, 5) is 143. The number of methoxy groups -OCH3 is 4. The molecule has 16 rings (SSSR count). The molecule has 11 aliphatic rings. The van der Waals surface area contributed by atoms with Gasteiger partial charge in [0.15, 0.2) is 34.7 Å². The Morgan fingerprint density at radius 2 is 0.662 bits per heavy atom. The molecule has 5 aromatic heterocycles. The van der Waals surface area contributed by atoms with Crippen LogP contribution in [0.5, 0.6) is 0 Å². The molecule has 28 nitrogen and oxygen atoms in total. The minimum absolute atomic E-state index is 0.0367. The van der Waals surface area contributed by atoms with Crippen LogP contribution < -0.4 is 0 Å². The lowest BCUT2D eigenvalue weighted by Crippen LogP contribution is -2.43. The molecule has 4 atom stereocenters. The van der Waals surface area contributed by atoms with Crippen LogP contribution in [0.15, 0.2) is 89.2 Å². The summed E-state index contributed by atoms with van der Waals surface area (Å²) in [5.41, 5.74) is 15.5. The van der Waals surface area contributed by atoms with Gasteiger partial charge in [0, 0.05) is 199 Å². The number of esters is 3. The zero-order valence-corrected chi connectivity index (χ0v) is 83.7.